The van der Waals surface area contributed by atoms with E-state index in [-0.39, 0.29) is 0 Å². The lowest BCUT2D eigenvalue weighted by molar-refractivity contribution is 0.186. The molecule has 7 heteroatoms. The van der Waals surface area contributed by atoms with Crippen LogP contribution in [0.1, 0.15) is 11.3 Å². The summed E-state index contributed by atoms with van der Waals surface area (Å²) in [4.78, 5) is 6.58. The van der Waals surface area contributed by atoms with E-state index in [4.69, 9.17) is 14.1 Å². The average Bonchev–Trinajstić information content (AvgIpc) is 3.47. The topological polar surface area (TPSA) is 66.0 Å². The standard InChI is InChI=1S/C22H18N4O2S/c1-14-12-16(13-27-2)17-18(26-10-6-7-11-26)19(29-22(17)23-14)21-25-24-20(28-21)15-8-4-3-5-9-15/h3-12H,13H2,1-2H3. The summed E-state index contributed by atoms with van der Waals surface area (Å²) in [6, 6.07) is 15.8. The zero-order chi connectivity index (χ0) is 19.8. The van der Waals surface area contributed by atoms with Crippen molar-refractivity contribution in [2.75, 3.05) is 7.11 Å². The third kappa shape index (κ3) is 3.14. The smallest absolute Gasteiger partial charge is 0.260 e. The number of ether oxygens (including phenoxy) is 1. The first-order chi connectivity index (χ1) is 14.2. The van der Waals surface area contributed by atoms with E-state index in [1.165, 1.54) is 0 Å². The van der Waals surface area contributed by atoms with E-state index in [1.54, 1.807) is 18.4 Å². The highest BCUT2D eigenvalue weighted by molar-refractivity contribution is 7.22. The molecule has 144 valence electrons. The molecule has 0 amide bonds. The average molecular weight is 402 g/mol. The van der Waals surface area contributed by atoms with Gasteiger partial charge in [-0.3, -0.25) is 0 Å². The molecule has 5 rings (SSSR count). The molecule has 0 aliphatic heterocycles. The van der Waals surface area contributed by atoms with Crippen molar-refractivity contribution in [2.45, 2.75) is 13.5 Å². The molecule has 4 aromatic heterocycles. The molecular weight excluding hydrogens is 384 g/mol. The number of fused-ring (bicyclic) bond motifs is 1. The lowest BCUT2D eigenvalue weighted by Gasteiger charge is -2.08. The second-order valence-corrected chi connectivity index (χ2v) is 7.68. The summed E-state index contributed by atoms with van der Waals surface area (Å²) < 4.78 is 13.6. The predicted octanol–water partition coefficient (Wildman–Crippen LogP) is 5.26. The van der Waals surface area contributed by atoms with Gasteiger partial charge in [0.25, 0.3) is 5.89 Å². The maximum absolute atomic E-state index is 6.07. The first-order valence-electron chi connectivity index (χ1n) is 9.19. The fourth-order valence-electron chi connectivity index (χ4n) is 3.45. The normalized spacial score (nSPS) is 11.4. The second-order valence-electron chi connectivity index (χ2n) is 6.68. The number of methoxy groups -OCH3 is 1. The van der Waals surface area contributed by atoms with Crippen LogP contribution in [0.2, 0.25) is 0 Å². The molecule has 5 aromatic rings. The summed E-state index contributed by atoms with van der Waals surface area (Å²) in [5.41, 5.74) is 3.91. The highest BCUT2D eigenvalue weighted by Crippen LogP contribution is 2.42. The number of rotatable bonds is 5. The Kier molecular flexibility index (Phi) is 4.46. The molecule has 0 atom stereocenters. The van der Waals surface area contributed by atoms with Crippen LogP contribution in [0.15, 0.2) is 65.3 Å². The Labute approximate surface area is 171 Å². The first kappa shape index (κ1) is 17.8. The number of nitrogens with zero attached hydrogens (tertiary/aromatic N) is 4. The van der Waals surface area contributed by atoms with E-state index in [0.717, 1.165) is 37.6 Å². The van der Waals surface area contributed by atoms with Crippen molar-refractivity contribution in [3.63, 3.8) is 0 Å². The SMILES string of the molecule is COCc1cc(C)nc2sc(-c3nnc(-c4ccccc4)o3)c(-n3cccc3)c12. The van der Waals surface area contributed by atoms with Gasteiger partial charge in [-0.2, -0.15) is 0 Å². The number of aryl methyl sites for hydroxylation is 1. The molecule has 0 bridgehead atoms. The second kappa shape index (κ2) is 7.27. The predicted molar refractivity (Wildman–Crippen MR) is 113 cm³/mol. The van der Waals surface area contributed by atoms with Crippen molar-refractivity contribution in [3.05, 3.63) is 72.2 Å². The quantitative estimate of drug-likeness (QED) is 0.401. The van der Waals surface area contributed by atoms with Crippen molar-refractivity contribution in [1.29, 1.82) is 0 Å². The van der Waals surface area contributed by atoms with Gasteiger partial charge in [0, 0.05) is 36.1 Å². The zero-order valence-electron chi connectivity index (χ0n) is 16.0. The molecule has 0 saturated carbocycles. The van der Waals surface area contributed by atoms with Gasteiger partial charge >= 0.3 is 0 Å². The van der Waals surface area contributed by atoms with Gasteiger partial charge in [0.05, 0.1) is 12.3 Å². The van der Waals surface area contributed by atoms with Gasteiger partial charge in [-0.05, 0) is 42.8 Å². The van der Waals surface area contributed by atoms with Crippen LogP contribution in [0.3, 0.4) is 0 Å². The third-order valence-electron chi connectivity index (χ3n) is 4.65. The van der Waals surface area contributed by atoms with Crippen molar-refractivity contribution in [1.82, 2.24) is 19.7 Å². The lowest BCUT2D eigenvalue weighted by atomic mass is 10.1. The van der Waals surface area contributed by atoms with Crippen LogP contribution in [-0.4, -0.2) is 26.9 Å². The molecule has 0 unspecified atom stereocenters. The monoisotopic (exact) mass is 402 g/mol. The maximum atomic E-state index is 6.07. The molecule has 4 heterocycles. The fraction of sp³-hybridized carbons (Fsp3) is 0.136. The van der Waals surface area contributed by atoms with E-state index in [9.17, 15) is 0 Å². The van der Waals surface area contributed by atoms with E-state index >= 15 is 0 Å². The summed E-state index contributed by atoms with van der Waals surface area (Å²) in [5.74, 6) is 0.981. The van der Waals surface area contributed by atoms with Gasteiger partial charge in [-0.15, -0.1) is 21.5 Å². The highest BCUT2D eigenvalue weighted by atomic mass is 32.1. The molecule has 0 fully saturated rings. The van der Waals surface area contributed by atoms with E-state index in [2.05, 4.69) is 20.8 Å². The van der Waals surface area contributed by atoms with E-state index < -0.39 is 0 Å². The van der Waals surface area contributed by atoms with Crippen molar-refractivity contribution in [2.24, 2.45) is 0 Å². The third-order valence-corrected chi connectivity index (χ3v) is 5.71. The number of aromatic nitrogens is 4. The zero-order valence-corrected chi connectivity index (χ0v) is 16.8. The molecule has 0 N–H and O–H groups in total. The minimum atomic E-state index is 0.483. The summed E-state index contributed by atoms with van der Waals surface area (Å²) in [7, 11) is 1.70. The van der Waals surface area contributed by atoms with Crippen molar-refractivity contribution in [3.8, 4) is 27.9 Å². The van der Waals surface area contributed by atoms with Crippen LogP contribution in [0.25, 0.3) is 38.1 Å². The minimum absolute atomic E-state index is 0.483. The van der Waals surface area contributed by atoms with Gasteiger partial charge < -0.3 is 13.7 Å². The fourth-order valence-corrected chi connectivity index (χ4v) is 4.64. The Morgan fingerprint density at radius 2 is 1.79 bits per heavy atom. The summed E-state index contributed by atoms with van der Waals surface area (Å²) >= 11 is 1.55. The highest BCUT2D eigenvalue weighted by Gasteiger charge is 2.23. The molecule has 29 heavy (non-hydrogen) atoms. The van der Waals surface area contributed by atoms with Crippen LogP contribution in [-0.2, 0) is 11.3 Å². The molecule has 0 radical (unpaired) electrons. The van der Waals surface area contributed by atoms with E-state index in [1.807, 2.05) is 61.8 Å². The lowest BCUT2D eigenvalue weighted by Crippen LogP contribution is -1.97. The Morgan fingerprint density at radius 3 is 2.55 bits per heavy atom. The largest absolute Gasteiger partial charge is 0.415 e. The summed E-state index contributed by atoms with van der Waals surface area (Å²) in [6.07, 6.45) is 4.02. The Bertz CT molecular complexity index is 1270. The Hall–Kier alpha value is -3.29. The minimum Gasteiger partial charge on any atom is -0.415 e. The molecule has 0 spiro atoms. The van der Waals surface area contributed by atoms with Gasteiger partial charge in [0.1, 0.15) is 9.71 Å². The van der Waals surface area contributed by atoms with Crippen molar-refractivity contribution < 1.29 is 9.15 Å². The molecular formula is C22H18N4O2S. The number of pyridine rings is 1. The maximum Gasteiger partial charge on any atom is 0.260 e. The van der Waals surface area contributed by atoms with Gasteiger partial charge in [-0.25, -0.2) is 4.98 Å². The Morgan fingerprint density at radius 1 is 1.03 bits per heavy atom. The summed E-state index contributed by atoms with van der Waals surface area (Å²) in [6.45, 7) is 2.50. The van der Waals surface area contributed by atoms with Crippen LogP contribution < -0.4 is 0 Å². The molecule has 6 nitrogen and oxygen atoms in total. The summed E-state index contributed by atoms with van der Waals surface area (Å²) in [5, 5.41) is 9.66. The van der Waals surface area contributed by atoms with Gasteiger partial charge in [0.15, 0.2) is 0 Å². The molecule has 0 aliphatic rings. The van der Waals surface area contributed by atoms with E-state index in [0.29, 0.717) is 18.4 Å². The van der Waals surface area contributed by atoms with Crippen molar-refractivity contribution >= 4 is 21.6 Å². The number of benzene rings is 1. The Balaban J connectivity index is 1.75. The van der Waals surface area contributed by atoms with Crippen LogP contribution >= 0.6 is 11.3 Å². The van der Waals surface area contributed by atoms with Gasteiger partial charge in [-0.1, -0.05) is 18.2 Å². The molecule has 1 aromatic carbocycles. The van der Waals surface area contributed by atoms with Crippen LogP contribution in [0.5, 0.6) is 0 Å². The number of hydrogen-bond acceptors (Lipinski definition) is 6. The number of hydrogen-bond donors (Lipinski definition) is 0. The van der Waals surface area contributed by atoms with Crippen LogP contribution in [0, 0.1) is 6.92 Å². The first-order valence-corrected chi connectivity index (χ1v) is 10.0. The van der Waals surface area contributed by atoms with Crippen LogP contribution in [0.4, 0.5) is 0 Å². The molecule has 0 aliphatic carbocycles. The number of thiophene rings is 1. The van der Waals surface area contributed by atoms with Gasteiger partial charge in [0.2, 0.25) is 5.89 Å². The molecule has 0 saturated heterocycles.